The van der Waals surface area contributed by atoms with Gasteiger partial charge < -0.3 is 10.6 Å². The van der Waals surface area contributed by atoms with Crippen molar-refractivity contribution in [2.24, 2.45) is 5.73 Å². The number of hydrogen-bond donors (Lipinski definition) is 1. The molecule has 0 bridgehead atoms. The van der Waals surface area contributed by atoms with Crippen molar-refractivity contribution in [3.05, 3.63) is 18.3 Å². The van der Waals surface area contributed by atoms with Gasteiger partial charge in [-0.2, -0.15) is 0 Å². The molecule has 0 spiro atoms. The minimum absolute atomic E-state index is 0.0770. The summed E-state index contributed by atoms with van der Waals surface area (Å²) in [6.45, 7) is 0. The van der Waals surface area contributed by atoms with E-state index in [9.17, 15) is 8.42 Å². The van der Waals surface area contributed by atoms with Gasteiger partial charge >= 0.3 is 0 Å². The zero-order valence-corrected chi connectivity index (χ0v) is 12.2. The molecule has 1 aromatic rings. The van der Waals surface area contributed by atoms with Gasteiger partial charge in [0.05, 0.1) is 0 Å². The Bertz CT molecular complexity index is 545. The van der Waals surface area contributed by atoms with Gasteiger partial charge in [0.15, 0.2) is 9.84 Å². The maximum atomic E-state index is 11.8. The zero-order chi connectivity index (χ0) is 14.0. The number of anilines is 1. The minimum atomic E-state index is -3.28. The number of nitrogens with two attached hydrogens (primary N) is 1. The average Bonchev–Trinajstić information content (AvgIpc) is 2.37. The van der Waals surface area contributed by atoms with E-state index >= 15 is 0 Å². The van der Waals surface area contributed by atoms with Crippen molar-refractivity contribution in [1.29, 1.82) is 0 Å². The fraction of sp³-hybridized carbons (Fsp3) is 0.615. The van der Waals surface area contributed by atoms with Gasteiger partial charge in [0.2, 0.25) is 0 Å². The monoisotopic (exact) mass is 283 g/mol. The van der Waals surface area contributed by atoms with Crippen molar-refractivity contribution in [1.82, 2.24) is 4.98 Å². The Kier molecular flexibility index (Phi) is 4.10. The lowest BCUT2D eigenvalue weighted by atomic mass is 9.90. The normalized spacial score (nSPS) is 24.2. The smallest absolute Gasteiger partial charge is 0.179 e. The predicted molar refractivity (Wildman–Crippen MR) is 76.0 cm³/mol. The number of rotatable bonds is 3. The van der Waals surface area contributed by atoms with Crippen LogP contribution in [0.25, 0.3) is 0 Å². The van der Waals surface area contributed by atoms with Gasteiger partial charge in [-0.3, -0.25) is 0 Å². The third kappa shape index (κ3) is 3.06. The van der Waals surface area contributed by atoms with E-state index in [1.807, 2.05) is 11.9 Å². The highest BCUT2D eigenvalue weighted by Gasteiger charge is 2.28. The molecule has 1 aliphatic carbocycles. The third-order valence-corrected chi connectivity index (χ3v) is 4.88. The first-order valence-corrected chi connectivity index (χ1v) is 8.44. The highest BCUT2D eigenvalue weighted by molar-refractivity contribution is 7.90. The topological polar surface area (TPSA) is 76.3 Å². The number of aromatic nitrogens is 1. The third-order valence-electron chi connectivity index (χ3n) is 3.76. The van der Waals surface area contributed by atoms with Crippen LogP contribution in [-0.2, 0) is 9.84 Å². The summed E-state index contributed by atoms with van der Waals surface area (Å²) in [6.07, 6.45) is 7.07. The zero-order valence-electron chi connectivity index (χ0n) is 11.4. The number of hydrogen-bond acceptors (Lipinski definition) is 5. The molecule has 0 saturated heterocycles. The molecule has 0 radical (unpaired) electrons. The van der Waals surface area contributed by atoms with Crippen molar-refractivity contribution in [2.45, 2.75) is 42.7 Å². The van der Waals surface area contributed by atoms with E-state index in [1.165, 1.54) is 6.26 Å². The van der Waals surface area contributed by atoms with Crippen LogP contribution in [0.5, 0.6) is 0 Å². The van der Waals surface area contributed by atoms with Gasteiger partial charge in [-0.1, -0.05) is 12.8 Å². The summed E-state index contributed by atoms with van der Waals surface area (Å²) in [7, 11) is -1.40. The van der Waals surface area contributed by atoms with Crippen molar-refractivity contribution in [2.75, 3.05) is 18.2 Å². The Balaban J connectivity index is 2.36. The fourth-order valence-corrected chi connectivity index (χ4v) is 3.57. The lowest BCUT2D eigenvalue weighted by molar-refractivity contribution is 0.371. The van der Waals surface area contributed by atoms with Crippen molar-refractivity contribution >= 4 is 15.7 Å². The molecule has 106 valence electrons. The minimum Gasteiger partial charge on any atom is -0.354 e. The van der Waals surface area contributed by atoms with E-state index in [2.05, 4.69) is 4.98 Å². The lowest BCUT2D eigenvalue weighted by Gasteiger charge is -2.37. The molecule has 5 nitrogen and oxygen atoms in total. The highest BCUT2D eigenvalue weighted by atomic mass is 32.2. The van der Waals surface area contributed by atoms with E-state index in [4.69, 9.17) is 5.73 Å². The molecule has 2 N–H and O–H groups in total. The summed E-state index contributed by atoms with van der Waals surface area (Å²) in [6, 6.07) is 3.48. The molecule has 0 amide bonds. The second-order valence-electron chi connectivity index (χ2n) is 5.22. The van der Waals surface area contributed by atoms with Crippen LogP contribution in [0.1, 0.15) is 25.7 Å². The van der Waals surface area contributed by atoms with E-state index in [0.29, 0.717) is 5.82 Å². The van der Waals surface area contributed by atoms with Crippen molar-refractivity contribution in [3.63, 3.8) is 0 Å². The largest absolute Gasteiger partial charge is 0.354 e. The molecular formula is C13H21N3O2S. The van der Waals surface area contributed by atoms with Gasteiger partial charge in [0, 0.05) is 31.6 Å². The Morgan fingerprint density at radius 1 is 1.37 bits per heavy atom. The molecule has 1 fully saturated rings. The molecule has 2 rings (SSSR count). The first kappa shape index (κ1) is 14.3. The van der Waals surface area contributed by atoms with Gasteiger partial charge in [-0.15, -0.1) is 0 Å². The number of pyridine rings is 1. The highest BCUT2D eigenvalue weighted by Crippen LogP contribution is 2.28. The summed E-state index contributed by atoms with van der Waals surface area (Å²) < 4.78 is 23.6. The van der Waals surface area contributed by atoms with Crippen molar-refractivity contribution < 1.29 is 8.42 Å². The van der Waals surface area contributed by atoms with Crippen molar-refractivity contribution in [3.8, 4) is 0 Å². The molecule has 1 aromatic heterocycles. The molecular weight excluding hydrogens is 262 g/mol. The second kappa shape index (κ2) is 5.46. The van der Waals surface area contributed by atoms with Crippen LogP contribution in [-0.4, -0.2) is 38.8 Å². The van der Waals surface area contributed by atoms with Gasteiger partial charge in [0.25, 0.3) is 0 Å². The van der Waals surface area contributed by atoms with Crippen LogP contribution in [0.2, 0.25) is 0 Å². The maximum absolute atomic E-state index is 11.8. The van der Waals surface area contributed by atoms with Crippen LogP contribution in [0.3, 0.4) is 0 Å². The molecule has 2 atom stereocenters. The molecule has 1 aliphatic rings. The van der Waals surface area contributed by atoms with E-state index < -0.39 is 9.84 Å². The molecule has 0 aromatic carbocycles. The molecule has 19 heavy (non-hydrogen) atoms. The Morgan fingerprint density at radius 2 is 2.05 bits per heavy atom. The maximum Gasteiger partial charge on any atom is 0.179 e. The van der Waals surface area contributed by atoms with E-state index in [0.717, 1.165) is 25.7 Å². The van der Waals surface area contributed by atoms with E-state index in [-0.39, 0.29) is 17.0 Å². The quantitative estimate of drug-likeness (QED) is 0.901. The summed E-state index contributed by atoms with van der Waals surface area (Å²) in [4.78, 5) is 6.45. The predicted octanol–water partition coefficient (Wildman–Crippen LogP) is 1.19. The van der Waals surface area contributed by atoms with Gasteiger partial charge in [-0.25, -0.2) is 13.4 Å². The Labute approximate surface area is 114 Å². The Morgan fingerprint density at radius 3 is 2.68 bits per heavy atom. The van der Waals surface area contributed by atoms with Gasteiger partial charge in [0.1, 0.15) is 10.7 Å². The summed E-state index contributed by atoms with van der Waals surface area (Å²) >= 11 is 0. The Hall–Kier alpha value is -1.14. The molecule has 2 unspecified atom stereocenters. The number of sulfone groups is 1. The van der Waals surface area contributed by atoms with Crippen LogP contribution in [0.15, 0.2) is 23.2 Å². The summed E-state index contributed by atoms with van der Waals surface area (Å²) in [5, 5.41) is 0. The van der Waals surface area contributed by atoms with Crippen LogP contribution < -0.4 is 10.6 Å². The molecule has 6 heteroatoms. The van der Waals surface area contributed by atoms with Crippen LogP contribution in [0, 0.1) is 0 Å². The lowest BCUT2D eigenvalue weighted by Crippen LogP contribution is -2.48. The summed E-state index contributed by atoms with van der Waals surface area (Å²) in [5.41, 5.74) is 6.16. The van der Waals surface area contributed by atoms with Crippen LogP contribution >= 0.6 is 0 Å². The summed E-state index contributed by atoms with van der Waals surface area (Å²) in [5.74, 6) is 0.507. The van der Waals surface area contributed by atoms with Gasteiger partial charge in [-0.05, 0) is 25.0 Å². The van der Waals surface area contributed by atoms with Crippen LogP contribution in [0.4, 0.5) is 5.82 Å². The first-order valence-electron chi connectivity index (χ1n) is 6.55. The first-order chi connectivity index (χ1) is 8.91. The number of nitrogens with zero attached hydrogens (tertiary/aromatic N) is 2. The molecule has 0 aliphatic heterocycles. The van der Waals surface area contributed by atoms with E-state index in [1.54, 1.807) is 18.3 Å². The molecule has 1 heterocycles. The number of likely N-dealkylation sites (N-methyl/N-ethyl adjacent to an activating group) is 1. The average molecular weight is 283 g/mol. The fourth-order valence-electron chi connectivity index (χ4n) is 2.71. The SMILES string of the molecule is CN(c1ncccc1S(C)(=O)=O)C1CCCCC1N. The molecule has 1 saturated carbocycles. The standard InChI is InChI=1S/C13H21N3O2S/c1-16(11-7-4-3-6-10(11)14)13-12(19(2,17)18)8-5-9-15-13/h5,8-11H,3-4,6-7,14H2,1-2H3. The second-order valence-corrected chi connectivity index (χ2v) is 7.21.